The molecule has 0 bridgehead atoms. The second-order valence-electron chi connectivity index (χ2n) is 8.57. The van der Waals surface area contributed by atoms with Gasteiger partial charge in [0.25, 0.3) is 5.56 Å². The Kier molecular flexibility index (Phi) is 7.98. The van der Waals surface area contributed by atoms with E-state index in [0.717, 1.165) is 33.3 Å². The molecule has 2 aromatic carbocycles. The van der Waals surface area contributed by atoms with E-state index in [-0.39, 0.29) is 44.5 Å². The number of rotatable bonds is 7. The van der Waals surface area contributed by atoms with Crippen molar-refractivity contribution in [1.82, 2.24) is 18.7 Å². The van der Waals surface area contributed by atoms with E-state index < -0.39 is 11.2 Å². The van der Waals surface area contributed by atoms with Crippen molar-refractivity contribution in [1.29, 1.82) is 0 Å². The van der Waals surface area contributed by atoms with E-state index in [9.17, 15) is 19.1 Å². The first kappa shape index (κ1) is 26.0. The van der Waals surface area contributed by atoms with Crippen LogP contribution in [0.25, 0.3) is 28.1 Å². The summed E-state index contributed by atoms with van der Waals surface area (Å²) in [7, 11) is 1.59. The average molecular weight is 505 g/mol. The van der Waals surface area contributed by atoms with Crippen LogP contribution in [0.2, 0.25) is 0 Å². The Morgan fingerprint density at radius 2 is 1.78 bits per heavy atom. The molecule has 4 aromatic rings. The summed E-state index contributed by atoms with van der Waals surface area (Å²) < 4.78 is 17.8. The van der Waals surface area contributed by atoms with Gasteiger partial charge in [-0.05, 0) is 47.7 Å². The molecule has 8 heteroatoms. The zero-order chi connectivity index (χ0) is 26.5. The summed E-state index contributed by atoms with van der Waals surface area (Å²) in [5, 5.41) is 9.25. The molecular formula is C29H33FN4O3. The van der Waals surface area contributed by atoms with Gasteiger partial charge in [0.05, 0.1) is 0 Å². The van der Waals surface area contributed by atoms with E-state index >= 15 is 0 Å². The van der Waals surface area contributed by atoms with Crippen LogP contribution < -0.4 is 11.2 Å². The van der Waals surface area contributed by atoms with Gasteiger partial charge in [-0.2, -0.15) is 0 Å². The van der Waals surface area contributed by atoms with Crippen molar-refractivity contribution in [3.63, 3.8) is 0 Å². The largest absolute Gasteiger partial charge is 0.396 e. The van der Waals surface area contributed by atoms with Crippen LogP contribution in [0.4, 0.5) is 4.39 Å². The molecule has 1 aliphatic rings. The summed E-state index contributed by atoms with van der Waals surface area (Å²) in [5.41, 5.74) is 3.37. The van der Waals surface area contributed by atoms with Crippen LogP contribution >= 0.6 is 0 Å². The lowest BCUT2D eigenvalue weighted by Crippen LogP contribution is -2.39. The lowest BCUT2D eigenvalue weighted by atomic mass is 10.0. The van der Waals surface area contributed by atoms with Crippen molar-refractivity contribution in [2.75, 3.05) is 6.61 Å². The number of benzene rings is 2. The first-order valence-corrected chi connectivity index (χ1v) is 12.5. The number of aromatic nitrogens is 4. The Balaban J connectivity index is 0.00000130. The van der Waals surface area contributed by atoms with Gasteiger partial charge >= 0.3 is 5.69 Å². The van der Waals surface area contributed by atoms with Crippen LogP contribution in [0, 0.1) is 5.82 Å². The molecule has 0 atom stereocenters. The van der Waals surface area contributed by atoms with Gasteiger partial charge in [0.2, 0.25) is 0 Å². The minimum absolute atomic E-state index is 0. The van der Waals surface area contributed by atoms with E-state index in [4.69, 9.17) is 4.98 Å². The van der Waals surface area contributed by atoms with Crippen LogP contribution in [0.15, 0.2) is 76.3 Å². The maximum absolute atomic E-state index is 13.5. The summed E-state index contributed by atoms with van der Waals surface area (Å²) in [6.45, 7) is 4.24. The molecule has 0 amide bonds. The van der Waals surface area contributed by atoms with Gasteiger partial charge in [0, 0.05) is 33.7 Å². The molecule has 2 heterocycles. The summed E-state index contributed by atoms with van der Waals surface area (Å²) in [6, 6.07) is 14.0. The van der Waals surface area contributed by atoms with Crippen molar-refractivity contribution >= 4 is 16.7 Å². The maximum atomic E-state index is 13.5. The van der Waals surface area contributed by atoms with Crippen LogP contribution in [-0.2, 0) is 20.1 Å². The molecule has 0 saturated carbocycles. The highest BCUT2D eigenvalue weighted by Gasteiger charge is 2.22. The summed E-state index contributed by atoms with van der Waals surface area (Å²) in [4.78, 5) is 31.2. The Morgan fingerprint density at radius 3 is 2.46 bits per heavy atom. The van der Waals surface area contributed by atoms with Gasteiger partial charge in [0.1, 0.15) is 11.6 Å². The van der Waals surface area contributed by atoms with Gasteiger partial charge in [-0.25, -0.2) is 14.2 Å². The number of aryl methyl sites for hydroxylation is 1. The molecular weight excluding hydrogens is 471 g/mol. The number of allylic oxidation sites excluding steroid dienone is 4. The van der Waals surface area contributed by atoms with E-state index in [1.807, 2.05) is 38.1 Å². The predicted molar refractivity (Wildman–Crippen MR) is 147 cm³/mol. The fourth-order valence-corrected chi connectivity index (χ4v) is 4.45. The van der Waals surface area contributed by atoms with Gasteiger partial charge < -0.3 is 9.67 Å². The normalized spacial score (nSPS) is 12.5. The molecule has 0 radical (unpaired) electrons. The number of hydrogen-bond donors (Lipinski definition) is 1. The molecule has 5 rings (SSSR count). The lowest BCUT2D eigenvalue weighted by Gasteiger charge is -2.12. The molecule has 2 aromatic heterocycles. The van der Waals surface area contributed by atoms with E-state index in [1.165, 1.54) is 16.7 Å². The number of fused-ring (bicyclic) bond motifs is 1. The third-order valence-corrected chi connectivity index (χ3v) is 6.25. The Morgan fingerprint density at radius 1 is 1.05 bits per heavy atom. The number of aliphatic hydroxyl groups is 1. The van der Waals surface area contributed by atoms with Crippen LogP contribution in [0.1, 0.15) is 39.2 Å². The smallest absolute Gasteiger partial charge is 0.332 e. The minimum atomic E-state index is -0.482. The molecule has 0 aliphatic heterocycles. The summed E-state index contributed by atoms with van der Waals surface area (Å²) in [6.07, 6.45) is 7.48. The highest BCUT2D eigenvalue weighted by atomic mass is 19.1. The Labute approximate surface area is 215 Å². The Hall–Kier alpha value is -4.04. The number of nitrogens with zero attached hydrogens (tertiary/aromatic N) is 4. The summed E-state index contributed by atoms with van der Waals surface area (Å²) in [5.74, 6) is 0.199. The van der Waals surface area contributed by atoms with Gasteiger partial charge in [-0.1, -0.05) is 62.4 Å². The van der Waals surface area contributed by atoms with Crippen molar-refractivity contribution < 1.29 is 10.9 Å². The third kappa shape index (κ3) is 5.11. The third-order valence-electron chi connectivity index (χ3n) is 6.25. The number of hydrogen-bond acceptors (Lipinski definition) is 4. The van der Waals surface area contributed by atoms with Crippen molar-refractivity contribution in [3.8, 4) is 11.4 Å². The van der Waals surface area contributed by atoms with Crippen LogP contribution in [-0.4, -0.2) is 30.4 Å². The quantitative estimate of drug-likeness (QED) is 0.394. The van der Waals surface area contributed by atoms with Crippen LogP contribution in [0.3, 0.4) is 0 Å². The van der Waals surface area contributed by atoms with Crippen molar-refractivity contribution in [2.45, 2.75) is 39.8 Å². The Bertz CT molecular complexity index is 1600. The molecule has 37 heavy (non-hydrogen) atoms. The fourth-order valence-electron chi connectivity index (χ4n) is 4.45. The molecule has 0 unspecified atom stereocenters. The number of aliphatic hydroxyl groups excluding tert-OH is 1. The van der Waals surface area contributed by atoms with Gasteiger partial charge in [-0.15, -0.1) is 0 Å². The van der Waals surface area contributed by atoms with Gasteiger partial charge in [-0.3, -0.25) is 13.9 Å². The van der Waals surface area contributed by atoms with E-state index in [2.05, 4.69) is 18.2 Å². The number of halogens is 1. The zero-order valence-electron chi connectivity index (χ0n) is 21.3. The summed E-state index contributed by atoms with van der Waals surface area (Å²) >= 11 is 0. The second kappa shape index (κ2) is 11.3. The van der Waals surface area contributed by atoms with E-state index in [0.29, 0.717) is 5.82 Å². The fraction of sp³-hybridized carbons (Fsp3) is 0.276. The topological polar surface area (TPSA) is 82.0 Å². The monoisotopic (exact) mass is 504 g/mol. The molecule has 7 nitrogen and oxygen atoms in total. The molecule has 1 N–H and O–H groups in total. The average Bonchev–Trinajstić information content (AvgIpc) is 3.59. The highest BCUT2D eigenvalue weighted by Crippen LogP contribution is 2.28. The molecule has 1 aliphatic carbocycles. The first-order valence-electron chi connectivity index (χ1n) is 12.5. The zero-order valence-corrected chi connectivity index (χ0v) is 21.3. The van der Waals surface area contributed by atoms with Crippen molar-refractivity contribution in [2.24, 2.45) is 7.05 Å². The predicted octanol–water partition coefficient (Wildman–Crippen LogP) is 4.75. The molecule has 0 saturated heterocycles. The van der Waals surface area contributed by atoms with Crippen LogP contribution in [0.5, 0.6) is 0 Å². The first-order chi connectivity index (χ1) is 18.0. The van der Waals surface area contributed by atoms with Gasteiger partial charge in [0.15, 0.2) is 11.2 Å². The second-order valence-corrected chi connectivity index (χ2v) is 8.57. The highest BCUT2D eigenvalue weighted by molar-refractivity contribution is 5.81. The molecule has 0 spiro atoms. The minimum Gasteiger partial charge on any atom is -0.396 e. The number of imidazole rings is 1. The SMILES string of the molecule is CC.Cn1c(=O)n(CCCO)c(=O)c2c1nc(-c1cccc(C3=CCC=C3)c1)n2Cc1ccc(F)cc1.[HH]. The lowest BCUT2D eigenvalue weighted by molar-refractivity contribution is 0.277. The standard InChI is InChI=1S/C27H25FN4O3.C2H6.H2/c1-30-25-23(26(34)31(27(30)35)14-5-15-33)32(17-18-10-12-22(28)13-11-18)24(29-25)21-9-4-8-20(16-21)19-6-2-3-7-19;1-2;/h2,4,6-13,16,33H,3,5,14-15,17H2,1H3;1-2H3;1H. The van der Waals surface area contributed by atoms with E-state index in [1.54, 1.807) is 23.7 Å². The molecule has 0 fully saturated rings. The molecule has 194 valence electrons. The maximum Gasteiger partial charge on any atom is 0.332 e. The van der Waals surface area contributed by atoms with Crippen molar-refractivity contribution in [3.05, 3.63) is 105 Å².